The molecule has 0 atom stereocenters. The Morgan fingerprint density at radius 1 is 0.963 bits per heavy atom. The number of rotatable bonds is 8. The summed E-state index contributed by atoms with van der Waals surface area (Å²) in [5.74, 6) is 0.126. The first kappa shape index (κ1) is 20.2. The molecule has 0 aliphatic rings. The molecular weight excluding hydrogens is 358 g/mol. The van der Waals surface area contributed by atoms with Crippen molar-refractivity contribution in [2.45, 2.75) is 13.5 Å². The molecule has 7 heteroatoms. The topological polar surface area (TPSA) is 54.0 Å². The van der Waals surface area contributed by atoms with Gasteiger partial charge in [0.05, 0.1) is 26.9 Å². The Labute approximate surface area is 156 Å². The molecule has 2 rings (SSSR count). The van der Waals surface area contributed by atoms with Crippen LogP contribution in [-0.2, 0) is 0 Å². The predicted octanol–water partition coefficient (Wildman–Crippen LogP) is 4.52. The van der Waals surface area contributed by atoms with Crippen molar-refractivity contribution < 1.29 is 32.5 Å². The Morgan fingerprint density at radius 2 is 1.56 bits per heavy atom. The summed E-state index contributed by atoms with van der Waals surface area (Å²) in [6.45, 7) is -1.13. The third-order valence-corrected chi connectivity index (χ3v) is 3.74. The van der Waals surface area contributed by atoms with Crippen LogP contribution in [0.3, 0.4) is 0 Å². The van der Waals surface area contributed by atoms with Gasteiger partial charge in [-0.05, 0) is 48.4 Å². The molecule has 0 heterocycles. The Balaban J connectivity index is 2.35. The first-order chi connectivity index (χ1) is 12.9. The van der Waals surface area contributed by atoms with E-state index in [1.54, 1.807) is 12.1 Å². The van der Waals surface area contributed by atoms with Crippen molar-refractivity contribution in [3.8, 4) is 23.0 Å². The van der Waals surface area contributed by atoms with Gasteiger partial charge in [-0.2, -0.15) is 8.78 Å². The number of carbonyl (C=O) groups is 1. The second-order valence-corrected chi connectivity index (χ2v) is 5.53. The van der Waals surface area contributed by atoms with Crippen LogP contribution in [0.25, 0.3) is 6.08 Å². The predicted molar refractivity (Wildman–Crippen MR) is 97.3 cm³/mol. The van der Waals surface area contributed by atoms with Crippen molar-refractivity contribution in [2.24, 2.45) is 0 Å². The highest BCUT2D eigenvalue weighted by Crippen LogP contribution is 2.39. The number of hydrogen-bond acceptors (Lipinski definition) is 5. The van der Waals surface area contributed by atoms with Crippen LogP contribution < -0.4 is 18.9 Å². The van der Waals surface area contributed by atoms with Crippen molar-refractivity contribution in [1.29, 1.82) is 0 Å². The molecule has 5 nitrogen and oxygen atoms in total. The maximum Gasteiger partial charge on any atom is 0.387 e. The van der Waals surface area contributed by atoms with Gasteiger partial charge < -0.3 is 18.9 Å². The third-order valence-electron chi connectivity index (χ3n) is 3.74. The van der Waals surface area contributed by atoms with E-state index in [1.807, 2.05) is 13.0 Å². The van der Waals surface area contributed by atoms with E-state index in [0.717, 1.165) is 5.56 Å². The summed E-state index contributed by atoms with van der Waals surface area (Å²) in [6.07, 6.45) is 2.88. The maximum absolute atomic E-state index is 12.6. The van der Waals surface area contributed by atoms with Gasteiger partial charge in [0.15, 0.2) is 17.3 Å². The average molecular weight is 378 g/mol. The SMILES string of the molecule is COc1cc(C)ccc1C(=O)/C=C/c1cc(OC)c(OC(F)F)c(OC)c1. The van der Waals surface area contributed by atoms with Gasteiger partial charge in [0, 0.05) is 0 Å². The van der Waals surface area contributed by atoms with Gasteiger partial charge in [-0.1, -0.05) is 12.1 Å². The van der Waals surface area contributed by atoms with E-state index in [1.165, 1.54) is 45.6 Å². The minimum atomic E-state index is -3.02. The molecule has 2 aromatic carbocycles. The minimum Gasteiger partial charge on any atom is -0.496 e. The summed E-state index contributed by atoms with van der Waals surface area (Å²) in [5.41, 5.74) is 1.90. The van der Waals surface area contributed by atoms with Crippen molar-refractivity contribution >= 4 is 11.9 Å². The summed E-state index contributed by atoms with van der Waals surface area (Å²) < 4.78 is 45.1. The van der Waals surface area contributed by atoms with Crippen molar-refractivity contribution in [3.63, 3.8) is 0 Å². The molecule has 0 unspecified atom stereocenters. The molecule has 0 fully saturated rings. The van der Waals surface area contributed by atoms with Crippen molar-refractivity contribution in [3.05, 3.63) is 53.1 Å². The van der Waals surface area contributed by atoms with Gasteiger partial charge >= 0.3 is 6.61 Å². The van der Waals surface area contributed by atoms with Gasteiger partial charge in [0.2, 0.25) is 5.75 Å². The van der Waals surface area contributed by atoms with E-state index >= 15 is 0 Å². The average Bonchev–Trinajstić information content (AvgIpc) is 2.65. The second kappa shape index (κ2) is 9.02. The van der Waals surface area contributed by atoms with Gasteiger partial charge in [0.25, 0.3) is 0 Å². The molecule has 0 aliphatic heterocycles. The van der Waals surface area contributed by atoms with E-state index in [-0.39, 0.29) is 23.0 Å². The quantitative estimate of drug-likeness (QED) is 0.499. The first-order valence-corrected chi connectivity index (χ1v) is 7.97. The second-order valence-electron chi connectivity index (χ2n) is 5.53. The molecule has 0 amide bonds. The summed E-state index contributed by atoms with van der Waals surface area (Å²) in [6, 6.07) is 8.20. The highest BCUT2D eigenvalue weighted by Gasteiger charge is 2.18. The normalized spacial score (nSPS) is 10.9. The van der Waals surface area contributed by atoms with Crippen LogP contribution >= 0.6 is 0 Å². The lowest BCUT2D eigenvalue weighted by Gasteiger charge is -2.14. The molecule has 0 saturated heterocycles. The van der Waals surface area contributed by atoms with E-state index in [4.69, 9.17) is 14.2 Å². The molecule has 0 N–H and O–H groups in total. The number of methoxy groups -OCH3 is 3. The lowest BCUT2D eigenvalue weighted by atomic mass is 10.1. The van der Waals surface area contributed by atoms with Gasteiger partial charge in [-0.25, -0.2) is 0 Å². The smallest absolute Gasteiger partial charge is 0.387 e. The van der Waals surface area contributed by atoms with Crippen LogP contribution in [0.2, 0.25) is 0 Å². The molecule has 0 aromatic heterocycles. The van der Waals surface area contributed by atoms with Crippen molar-refractivity contribution in [1.82, 2.24) is 0 Å². The highest BCUT2D eigenvalue weighted by atomic mass is 19.3. The fourth-order valence-corrected chi connectivity index (χ4v) is 2.47. The Kier molecular flexibility index (Phi) is 6.76. The van der Waals surface area contributed by atoms with Crippen LogP contribution in [0.4, 0.5) is 8.78 Å². The number of carbonyl (C=O) groups excluding carboxylic acids is 1. The third kappa shape index (κ3) is 4.97. The molecule has 0 radical (unpaired) electrons. The fourth-order valence-electron chi connectivity index (χ4n) is 2.47. The lowest BCUT2D eigenvalue weighted by molar-refractivity contribution is -0.0526. The molecule has 27 heavy (non-hydrogen) atoms. The standard InChI is InChI=1S/C20H20F2O5/c1-12-5-7-14(16(9-12)24-2)15(23)8-6-13-10-17(25-3)19(27-20(21)22)18(11-13)26-4/h5-11,20H,1-4H3/b8-6+. The van der Waals surface area contributed by atoms with Crippen LogP contribution in [0.1, 0.15) is 21.5 Å². The van der Waals surface area contributed by atoms with E-state index < -0.39 is 6.61 Å². The largest absolute Gasteiger partial charge is 0.496 e. The van der Waals surface area contributed by atoms with Crippen molar-refractivity contribution in [2.75, 3.05) is 21.3 Å². The number of benzene rings is 2. The van der Waals surface area contributed by atoms with Crippen LogP contribution in [-0.4, -0.2) is 33.7 Å². The zero-order valence-electron chi connectivity index (χ0n) is 15.4. The lowest BCUT2D eigenvalue weighted by Crippen LogP contribution is -2.05. The van der Waals surface area contributed by atoms with Crippen LogP contribution in [0.15, 0.2) is 36.4 Å². The number of ketones is 1. The van der Waals surface area contributed by atoms with Crippen LogP contribution in [0.5, 0.6) is 23.0 Å². The molecule has 0 bridgehead atoms. The van der Waals surface area contributed by atoms with E-state index in [0.29, 0.717) is 16.9 Å². The number of ether oxygens (including phenoxy) is 4. The zero-order valence-corrected chi connectivity index (χ0v) is 15.4. The van der Waals surface area contributed by atoms with Crippen LogP contribution in [0, 0.1) is 6.92 Å². The summed E-state index contributed by atoms with van der Waals surface area (Å²) in [5, 5.41) is 0. The molecule has 0 aliphatic carbocycles. The van der Waals surface area contributed by atoms with Gasteiger partial charge in [0.1, 0.15) is 5.75 Å². The number of allylic oxidation sites excluding steroid dienone is 1. The number of alkyl halides is 2. The van der Waals surface area contributed by atoms with Gasteiger partial charge in [-0.3, -0.25) is 4.79 Å². The minimum absolute atomic E-state index is 0.0645. The Morgan fingerprint density at radius 3 is 2.07 bits per heavy atom. The highest BCUT2D eigenvalue weighted by molar-refractivity contribution is 6.08. The molecule has 0 saturated carbocycles. The summed E-state index contributed by atoms with van der Waals surface area (Å²) in [4.78, 5) is 12.5. The van der Waals surface area contributed by atoms with E-state index in [2.05, 4.69) is 4.74 Å². The molecule has 2 aromatic rings. The number of halogens is 2. The zero-order chi connectivity index (χ0) is 20.0. The number of hydrogen-bond donors (Lipinski definition) is 0. The monoisotopic (exact) mass is 378 g/mol. The molecule has 0 spiro atoms. The number of aryl methyl sites for hydroxylation is 1. The Bertz CT molecular complexity index is 821. The summed E-state index contributed by atoms with van der Waals surface area (Å²) >= 11 is 0. The van der Waals surface area contributed by atoms with Gasteiger partial charge in [-0.15, -0.1) is 0 Å². The molecular formula is C20H20F2O5. The van der Waals surface area contributed by atoms with E-state index in [9.17, 15) is 13.6 Å². The maximum atomic E-state index is 12.6. The fraction of sp³-hybridized carbons (Fsp3) is 0.250. The summed E-state index contributed by atoms with van der Waals surface area (Å²) in [7, 11) is 4.14. The molecule has 144 valence electrons. The first-order valence-electron chi connectivity index (χ1n) is 7.97. The Hall–Kier alpha value is -3.09.